The molecule has 78 valence electrons. The summed E-state index contributed by atoms with van der Waals surface area (Å²) in [7, 11) is 2.11. The number of hydrogen-bond donors (Lipinski definition) is 0. The Morgan fingerprint density at radius 1 is 1.15 bits per heavy atom. The third-order valence-corrected chi connectivity index (χ3v) is 2.24. The SMILES string of the molecule is CCCCCCN1C=CN(C)C1.O. The average Bonchev–Trinajstić information content (AvgIpc) is 2.45. The summed E-state index contributed by atoms with van der Waals surface area (Å²) in [5, 5.41) is 0. The Bertz CT molecular complexity index is 148. The predicted molar refractivity (Wildman–Crippen MR) is 56.2 cm³/mol. The van der Waals surface area contributed by atoms with Gasteiger partial charge in [0.05, 0.1) is 6.67 Å². The lowest BCUT2D eigenvalue weighted by molar-refractivity contribution is 0.291. The van der Waals surface area contributed by atoms with E-state index in [4.69, 9.17) is 0 Å². The normalized spacial score (nSPS) is 14.9. The van der Waals surface area contributed by atoms with Crippen LogP contribution in [-0.2, 0) is 0 Å². The minimum atomic E-state index is 0. The Labute approximate surface area is 81.3 Å². The Hall–Kier alpha value is -0.700. The maximum atomic E-state index is 2.37. The van der Waals surface area contributed by atoms with Gasteiger partial charge in [0.15, 0.2) is 0 Å². The van der Waals surface area contributed by atoms with Crippen LogP contribution in [0.3, 0.4) is 0 Å². The molecule has 1 aliphatic rings. The Balaban J connectivity index is 0.00000144. The van der Waals surface area contributed by atoms with Gasteiger partial charge in [-0.15, -0.1) is 0 Å². The maximum absolute atomic E-state index is 2.37. The lowest BCUT2D eigenvalue weighted by Crippen LogP contribution is -2.23. The molecule has 0 aliphatic carbocycles. The van der Waals surface area contributed by atoms with Crippen molar-refractivity contribution in [1.82, 2.24) is 9.80 Å². The minimum Gasteiger partial charge on any atom is -0.412 e. The molecule has 0 saturated heterocycles. The first kappa shape index (κ1) is 12.3. The molecule has 13 heavy (non-hydrogen) atoms. The second-order valence-corrected chi connectivity index (χ2v) is 3.57. The zero-order valence-electron chi connectivity index (χ0n) is 8.79. The second kappa shape index (κ2) is 6.78. The molecular weight excluding hydrogens is 164 g/mol. The number of rotatable bonds is 5. The standard InChI is InChI=1S/C10H20N2.H2O/c1-3-4-5-6-7-12-9-8-11(2)10-12;/h8-9H,3-7,10H2,1-2H3;1H2. The van der Waals surface area contributed by atoms with Gasteiger partial charge in [-0.05, 0) is 6.42 Å². The molecule has 0 aromatic heterocycles. The summed E-state index contributed by atoms with van der Waals surface area (Å²) in [5.74, 6) is 0. The fraction of sp³-hybridized carbons (Fsp3) is 0.800. The van der Waals surface area contributed by atoms with Gasteiger partial charge in [-0.3, -0.25) is 0 Å². The van der Waals surface area contributed by atoms with Crippen molar-refractivity contribution in [2.45, 2.75) is 32.6 Å². The van der Waals surface area contributed by atoms with Crippen molar-refractivity contribution in [3.8, 4) is 0 Å². The minimum absolute atomic E-state index is 0. The summed E-state index contributed by atoms with van der Waals surface area (Å²) in [6, 6.07) is 0. The monoisotopic (exact) mass is 186 g/mol. The lowest BCUT2D eigenvalue weighted by atomic mass is 10.2. The van der Waals surface area contributed by atoms with Gasteiger partial charge in [-0.25, -0.2) is 0 Å². The molecule has 0 unspecified atom stereocenters. The number of nitrogens with zero attached hydrogens (tertiary/aromatic N) is 2. The smallest absolute Gasteiger partial charge is 0.0890 e. The summed E-state index contributed by atoms with van der Waals surface area (Å²) in [4.78, 5) is 4.58. The largest absolute Gasteiger partial charge is 0.412 e. The fourth-order valence-corrected chi connectivity index (χ4v) is 1.48. The van der Waals surface area contributed by atoms with Crippen molar-refractivity contribution in [2.24, 2.45) is 0 Å². The molecule has 0 bridgehead atoms. The van der Waals surface area contributed by atoms with Gasteiger partial charge >= 0.3 is 0 Å². The molecule has 0 saturated carbocycles. The van der Waals surface area contributed by atoms with Crippen LogP contribution in [0.1, 0.15) is 32.6 Å². The summed E-state index contributed by atoms with van der Waals surface area (Å²) < 4.78 is 0. The van der Waals surface area contributed by atoms with Gasteiger partial charge in [0.1, 0.15) is 0 Å². The Kier molecular flexibility index (Phi) is 6.41. The predicted octanol–water partition coefficient (Wildman–Crippen LogP) is 1.42. The number of unbranched alkanes of at least 4 members (excludes halogenated alkanes) is 3. The van der Waals surface area contributed by atoms with Crippen molar-refractivity contribution in [1.29, 1.82) is 0 Å². The van der Waals surface area contributed by atoms with E-state index in [2.05, 4.69) is 36.2 Å². The molecule has 2 N–H and O–H groups in total. The lowest BCUT2D eigenvalue weighted by Gasteiger charge is -2.17. The quantitative estimate of drug-likeness (QED) is 0.609. The van der Waals surface area contributed by atoms with Crippen molar-refractivity contribution in [3.63, 3.8) is 0 Å². The van der Waals surface area contributed by atoms with E-state index >= 15 is 0 Å². The molecule has 1 heterocycles. The van der Waals surface area contributed by atoms with Gasteiger partial charge in [-0.1, -0.05) is 26.2 Å². The molecule has 0 aromatic rings. The maximum Gasteiger partial charge on any atom is 0.0890 e. The fourth-order valence-electron chi connectivity index (χ4n) is 1.48. The summed E-state index contributed by atoms with van der Waals surface area (Å²) in [5.41, 5.74) is 0. The molecule has 1 aliphatic heterocycles. The highest BCUT2D eigenvalue weighted by atomic mass is 16.0. The molecule has 0 amide bonds. The van der Waals surface area contributed by atoms with Crippen LogP contribution in [0.25, 0.3) is 0 Å². The van der Waals surface area contributed by atoms with Crippen molar-refractivity contribution >= 4 is 0 Å². The van der Waals surface area contributed by atoms with E-state index in [-0.39, 0.29) is 5.48 Å². The third-order valence-electron chi connectivity index (χ3n) is 2.24. The molecule has 3 nitrogen and oxygen atoms in total. The summed E-state index contributed by atoms with van der Waals surface area (Å²) >= 11 is 0. The highest BCUT2D eigenvalue weighted by Crippen LogP contribution is 2.06. The molecular formula is C10H22N2O. The van der Waals surface area contributed by atoms with E-state index in [1.807, 2.05) is 0 Å². The molecule has 1 rings (SSSR count). The Morgan fingerprint density at radius 3 is 2.46 bits per heavy atom. The molecule has 0 radical (unpaired) electrons. The van der Waals surface area contributed by atoms with Crippen LogP contribution in [0, 0.1) is 0 Å². The van der Waals surface area contributed by atoms with Crippen LogP contribution in [-0.4, -0.2) is 35.5 Å². The van der Waals surface area contributed by atoms with Gasteiger partial charge in [-0.2, -0.15) is 0 Å². The third kappa shape index (κ3) is 4.78. The molecule has 0 aromatic carbocycles. The zero-order chi connectivity index (χ0) is 8.81. The van der Waals surface area contributed by atoms with Gasteiger partial charge < -0.3 is 15.3 Å². The van der Waals surface area contributed by atoms with Gasteiger partial charge in [0, 0.05) is 26.0 Å². The molecule has 0 atom stereocenters. The van der Waals surface area contributed by atoms with Crippen LogP contribution in [0.5, 0.6) is 0 Å². The Morgan fingerprint density at radius 2 is 1.92 bits per heavy atom. The van der Waals surface area contributed by atoms with Crippen LogP contribution in [0.4, 0.5) is 0 Å². The first-order valence-electron chi connectivity index (χ1n) is 4.95. The van der Waals surface area contributed by atoms with Crippen LogP contribution >= 0.6 is 0 Å². The molecule has 0 spiro atoms. The number of hydrogen-bond acceptors (Lipinski definition) is 2. The van der Waals surface area contributed by atoms with Crippen molar-refractivity contribution < 1.29 is 5.48 Å². The van der Waals surface area contributed by atoms with Gasteiger partial charge in [0.2, 0.25) is 0 Å². The van der Waals surface area contributed by atoms with E-state index in [1.54, 1.807) is 0 Å². The highest BCUT2D eigenvalue weighted by molar-refractivity contribution is 4.88. The van der Waals surface area contributed by atoms with Crippen molar-refractivity contribution in [3.05, 3.63) is 12.4 Å². The summed E-state index contributed by atoms with van der Waals surface area (Å²) in [6.45, 7) is 4.55. The average molecular weight is 186 g/mol. The van der Waals surface area contributed by atoms with Crippen LogP contribution < -0.4 is 0 Å². The summed E-state index contributed by atoms with van der Waals surface area (Å²) in [6.07, 6.45) is 9.76. The van der Waals surface area contributed by atoms with E-state index in [9.17, 15) is 0 Å². The van der Waals surface area contributed by atoms with Crippen molar-refractivity contribution in [2.75, 3.05) is 20.3 Å². The molecule has 0 fully saturated rings. The van der Waals surface area contributed by atoms with Gasteiger partial charge in [0.25, 0.3) is 0 Å². The first-order valence-corrected chi connectivity index (χ1v) is 4.95. The molecule has 3 heteroatoms. The second-order valence-electron chi connectivity index (χ2n) is 3.57. The van der Waals surface area contributed by atoms with E-state index < -0.39 is 0 Å². The topological polar surface area (TPSA) is 38.0 Å². The zero-order valence-corrected chi connectivity index (χ0v) is 8.79. The van der Waals surface area contributed by atoms with E-state index in [0.717, 1.165) is 6.67 Å². The van der Waals surface area contributed by atoms with E-state index in [0.29, 0.717) is 0 Å². The van der Waals surface area contributed by atoms with E-state index in [1.165, 1.54) is 32.2 Å². The van der Waals surface area contributed by atoms with Crippen LogP contribution in [0.15, 0.2) is 12.4 Å². The highest BCUT2D eigenvalue weighted by Gasteiger charge is 2.06. The first-order chi connectivity index (χ1) is 5.83. The van der Waals surface area contributed by atoms with Crippen LogP contribution in [0.2, 0.25) is 0 Å².